The molecule has 1 atom stereocenters. The van der Waals surface area contributed by atoms with Crippen LogP contribution in [0.2, 0.25) is 15.1 Å². The molecule has 2 aromatic heterocycles. The average molecular weight is 478 g/mol. The minimum atomic E-state index is -0.614. The number of aromatic nitrogens is 2. The van der Waals surface area contributed by atoms with Gasteiger partial charge in [-0.1, -0.05) is 53.0 Å². The minimum Gasteiger partial charge on any atom is -0.451 e. The summed E-state index contributed by atoms with van der Waals surface area (Å²) in [6, 6.07) is 14.4. The van der Waals surface area contributed by atoms with E-state index in [1.807, 2.05) is 28.1 Å². The first-order chi connectivity index (χ1) is 14.5. The van der Waals surface area contributed by atoms with Crippen LogP contribution in [0.4, 0.5) is 0 Å². The molecule has 30 heavy (non-hydrogen) atoms. The molecular weight excluding hydrogens is 463 g/mol. The molecule has 1 unspecified atom stereocenters. The van der Waals surface area contributed by atoms with E-state index in [1.54, 1.807) is 49.1 Å². The average Bonchev–Trinajstić information content (AvgIpc) is 3.40. The van der Waals surface area contributed by atoms with Crippen molar-refractivity contribution < 1.29 is 9.53 Å². The molecule has 0 spiro atoms. The molecule has 0 N–H and O–H groups in total. The van der Waals surface area contributed by atoms with E-state index in [0.29, 0.717) is 32.1 Å². The highest BCUT2D eigenvalue weighted by Gasteiger charge is 2.24. The van der Waals surface area contributed by atoms with Crippen molar-refractivity contribution in [2.24, 2.45) is 0 Å². The molecule has 0 fully saturated rings. The number of halogens is 3. The molecule has 2 aromatic carbocycles. The van der Waals surface area contributed by atoms with Crippen LogP contribution in [0.1, 0.15) is 21.3 Å². The first-order valence-corrected chi connectivity index (χ1v) is 11.0. The van der Waals surface area contributed by atoms with Gasteiger partial charge in [-0.15, -0.1) is 11.3 Å². The van der Waals surface area contributed by atoms with Crippen molar-refractivity contribution in [2.45, 2.75) is 12.6 Å². The minimum absolute atomic E-state index is 0.370. The summed E-state index contributed by atoms with van der Waals surface area (Å²) in [5, 5.41) is 3.45. The van der Waals surface area contributed by atoms with Crippen LogP contribution in [0.15, 0.2) is 72.6 Å². The van der Waals surface area contributed by atoms with Crippen LogP contribution in [0, 0.1) is 0 Å². The smallest absolute Gasteiger partial charge is 0.349 e. The quantitative estimate of drug-likeness (QED) is 0.276. The van der Waals surface area contributed by atoms with Gasteiger partial charge in [0.1, 0.15) is 11.0 Å². The molecule has 152 valence electrons. The summed E-state index contributed by atoms with van der Waals surface area (Å²) in [6.45, 7) is 0.370. The number of thiophene rings is 1. The van der Waals surface area contributed by atoms with Crippen LogP contribution in [-0.4, -0.2) is 15.5 Å². The highest BCUT2D eigenvalue weighted by atomic mass is 35.5. The van der Waals surface area contributed by atoms with E-state index >= 15 is 0 Å². The number of ether oxygens (including phenoxy) is 1. The molecular formula is C22H15Cl3N2O2S. The number of carbonyl (C=O) groups is 1. The number of hydrogen-bond acceptors (Lipinski definition) is 4. The summed E-state index contributed by atoms with van der Waals surface area (Å²) in [5.41, 5.74) is 2.36. The Morgan fingerprint density at radius 1 is 1.07 bits per heavy atom. The Hall–Kier alpha value is -2.31. The Labute approximate surface area is 192 Å². The predicted molar refractivity (Wildman–Crippen MR) is 122 cm³/mol. The lowest BCUT2D eigenvalue weighted by atomic mass is 10.1. The van der Waals surface area contributed by atoms with E-state index in [4.69, 9.17) is 39.5 Å². The fraction of sp³-hybridized carbons (Fsp3) is 0.0909. The number of rotatable bonds is 6. The van der Waals surface area contributed by atoms with Crippen LogP contribution in [0.25, 0.3) is 11.1 Å². The molecule has 4 nitrogen and oxygen atoms in total. The molecule has 0 bridgehead atoms. The molecule has 8 heteroatoms. The monoisotopic (exact) mass is 476 g/mol. The van der Waals surface area contributed by atoms with Gasteiger partial charge in [0.15, 0.2) is 0 Å². The van der Waals surface area contributed by atoms with E-state index < -0.39 is 12.1 Å². The topological polar surface area (TPSA) is 44.1 Å². The maximum absolute atomic E-state index is 13.1. The molecule has 0 aliphatic carbocycles. The summed E-state index contributed by atoms with van der Waals surface area (Å²) in [4.78, 5) is 17.7. The van der Waals surface area contributed by atoms with Crippen LogP contribution < -0.4 is 0 Å². The van der Waals surface area contributed by atoms with Gasteiger partial charge < -0.3 is 9.30 Å². The zero-order valence-corrected chi connectivity index (χ0v) is 18.6. The number of imidazole rings is 1. The Kier molecular flexibility index (Phi) is 6.44. The van der Waals surface area contributed by atoms with Gasteiger partial charge in [0.25, 0.3) is 0 Å². The fourth-order valence-electron chi connectivity index (χ4n) is 3.05. The summed E-state index contributed by atoms with van der Waals surface area (Å²) in [5.74, 6) is -0.425. The second kappa shape index (κ2) is 9.23. The fourth-order valence-corrected chi connectivity index (χ4v) is 4.51. The maximum atomic E-state index is 13.1. The lowest BCUT2D eigenvalue weighted by Crippen LogP contribution is -2.17. The Bertz CT molecular complexity index is 1160. The van der Waals surface area contributed by atoms with Gasteiger partial charge in [-0.2, -0.15) is 0 Å². The zero-order chi connectivity index (χ0) is 21.1. The van der Waals surface area contributed by atoms with E-state index in [1.165, 1.54) is 11.3 Å². The van der Waals surface area contributed by atoms with Crippen molar-refractivity contribution in [3.63, 3.8) is 0 Å². The first kappa shape index (κ1) is 20.9. The van der Waals surface area contributed by atoms with Crippen LogP contribution >= 0.6 is 46.1 Å². The second-order valence-corrected chi connectivity index (χ2v) is 8.69. The zero-order valence-electron chi connectivity index (χ0n) is 15.5. The number of carbonyl (C=O) groups excluding carboxylic acids is 1. The molecule has 0 saturated heterocycles. The van der Waals surface area contributed by atoms with Crippen molar-refractivity contribution in [3.05, 3.63) is 98.1 Å². The van der Waals surface area contributed by atoms with Crippen molar-refractivity contribution in [2.75, 3.05) is 0 Å². The van der Waals surface area contributed by atoms with E-state index in [-0.39, 0.29) is 0 Å². The molecule has 0 amide bonds. The molecule has 0 radical (unpaired) electrons. The van der Waals surface area contributed by atoms with E-state index in [0.717, 1.165) is 11.1 Å². The van der Waals surface area contributed by atoms with Gasteiger partial charge in [-0.3, -0.25) is 0 Å². The summed E-state index contributed by atoms with van der Waals surface area (Å²) < 4.78 is 7.76. The normalized spacial score (nSPS) is 12.0. The van der Waals surface area contributed by atoms with Crippen molar-refractivity contribution in [3.8, 4) is 11.1 Å². The van der Waals surface area contributed by atoms with Crippen molar-refractivity contribution >= 4 is 52.1 Å². The Morgan fingerprint density at radius 3 is 2.53 bits per heavy atom. The second-order valence-electron chi connectivity index (χ2n) is 6.49. The lowest BCUT2D eigenvalue weighted by molar-refractivity contribution is 0.0262. The third kappa shape index (κ3) is 4.71. The molecule has 0 aliphatic rings. The lowest BCUT2D eigenvalue weighted by Gasteiger charge is -2.20. The van der Waals surface area contributed by atoms with Crippen LogP contribution in [0.3, 0.4) is 0 Å². The third-order valence-corrected chi connectivity index (χ3v) is 6.21. The molecule has 2 heterocycles. The maximum Gasteiger partial charge on any atom is 0.349 e. The molecule has 4 rings (SSSR count). The van der Waals surface area contributed by atoms with E-state index in [9.17, 15) is 4.79 Å². The molecule has 4 aromatic rings. The SMILES string of the molecule is O=C(OC(Cn1ccnc1)c1ccc(Cl)cc1Cl)c1sccc1-c1ccc(Cl)cc1. The van der Waals surface area contributed by atoms with Crippen LogP contribution in [-0.2, 0) is 11.3 Å². The Morgan fingerprint density at radius 2 is 1.83 bits per heavy atom. The molecule has 0 aliphatic heterocycles. The highest BCUT2D eigenvalue weighted by molar-refractivity contribution is 7.12. The van der Waals surface area contributed by atoms with Gasteiger partial charge in [0.2, 0.25) is 0 Å². The predicted octanol–water partition coefficient (Wildman–Crippen LogP) is 7.17. The Balaban J connectivity index is 1.64. The van der Waals surface area contributed by atoms with Gasteiger partial charge in [0.05, 0.1) is 12.9 Å². The third-order valence-electron chi connectivity index (χ3n) is 4.50. The standard InChI is InChI=1S/C22H15Cl3N2O2S/c23-15-3-1-14(2-4-15)17-7-10-30-21(17)22(28)29-20(12-27-9-8-26-13-27)18-6-5-16(24)11-19(18)25/h1-11,13,20H,12H2. The van der Waals surface area contributed by atoms with Crippen molar-refractivity contribution in [1.29, 1.82) is 0 Å². The van der Waals surface area contributed by atoms with Gasteiger partial charge in [-0.05, 0) is 41.3 Å². The number of hydrogen-bond donors (Lipinski definition) is 0. The van der Waals surface area contributed by atoms with Crippen molar-refractivity contribution in [1.82, 2.24) is 9.55 Å². The summed E-state index contributed by atoms with van der Waals surface area (Å²) in [6.07, 6.45) is 4.51. The largest absolute Gasteiger partial charge is 0.451 e. The van der Waals surface area contributed by atoms with Gasteiger partial charge in [0, 0.05) is 38.6 Å². The molecule has 0 saturated carbocycles. The summed E-state index contributed by atoms with van der Waals surface area (Å²) in [7, 11) is 0. The first-order valence-electron chi connectivity index (χ1n) is 8.96. The highest BCUT2D eigenvalue weighted by Crippen LogP contribution is 2.34. The number of nitrogens with zero attached hydrogens (tertiary/aromatic N) is 2. The number of esters is 1. The van der Waals surface area contributed by atoms with Gasteiger partial charge >= 0.3 is 5.97 Å². The van der Waals surface area contributed by atoms with Crippen LogP contribution in [0.5, 0.6) is 0 Å². The van der Waals surface area contributed by atoms with Gasteiger partial charge in [-0.25, -0.2) is 9.78 Å². The number of benzene rings is 2. The summed E-state index contributed by atoms with van der Waals surface area (Å²) >= 11 is 19.8. The van der Waals surface area contributed by atoms with E-state index in [2.05, 4.69) is 4.98 Å².